The molecule has 0 spiro atoms. The summed E-state index contributed by atoms with van der Waals surface area (Å²) >= 11 is 0. The van der Waals surface area contributed by atoms with Crippen molar-refractivity contribution >= 4 is 21.0 Å². The molecule has 64 heavy (non-hydrogen) atoms. The second-order valence-electron chi connectivity index (χ2n) is 16.0. The van der Waals surface area contributed by atoms with Crippen LogP contribution in [0.4, 0.5) is 4.79 Å². The van der Waals surface area contributed by atoms with Gasteiger partial charge in [-0.1, -0.05) is 117 Å². The Kier molecular flexibility index (Phi) is 19.6. The third-order valence-electron chi connectivity index (χ3n) is 10.9. The molecule has 1 aliphatic rings. The van der Waals surface area contributed by atoms with E-state index in [1.54, 1.807) is 14.2 Å². The predicted molar refractivity (Wildman–Crippen MR) is 256 cm³/mol. The average molecular weight is 892 g/mol. The van der Waals surface area contributed by atoms with E-state index in [1.165, 1.54) is 22.3 Å². The summed E-state index contributed by atoms with van der Waals surface area (Å²) in [5.41, 5.74) is 6.73. The predicted octanol–water partition coefficient (Wildman–Crippen LogP) is 10.9. The number of amides is 2. The zero-order chi connectivity index (χ0) is 45.9. The van der Waals surface area contributed by atoms with Gasteiger partial charge in [-0.05, 0) is 104 Å². The number of nitrogens with one attached hydrogen (secondary N) is 2. The van der Waals surface area contributed by atoms with Gasteiger partial charge in [0, 0.05) is 24.5 Å². The van der Waals surface area contributed by atoms with Crippen LogP contribution >= 0.6 is 8.53 Å². The first kappa shape index (κ1) is 49.7. The summed E-state index contributed by atoms with van der Waals surface area (Å²) in [6.45, 7) is 14.7. The van der Waals surface area contributed by atoms with Gasteiger partial charge >= 0.3 is 6.09 Å². The molecule has 0 saturated heterocycles. The van der Waals surface area contributed by atoms with Crippen molar-refractivity contribution in [3.63, 3.8) is 0 Å². The van der Waals surface area contributed by atoms with Crippen LogP contribution in [0.5, 0.6) is 11.5 Å². The molecule has 12 heteroatoms. The SMILES string of the molecule is CCCNC(=O)OCC1c2ccccc2-c2ccccc21.CCCOP(OCC(COC(c1ccccc1)(c1ccc(OC)cc1)c1ccc(OC)cc1)NC=O)N(C(C)C)C(C)C. The van der Waals surface area contributed by atoms with Crippen LogP contribution in [0.2, 0.25) is 0 Å². The smallest absolute Gasteiger partial charge is 0.407 e. The maximum absolute atomic E-state index is 11.8. The molecule has 2 atom stereocenters. The first-order valence-corrected chi connectivity index (χ1v) is 23.4. The highest BCUT2D eigenvalue weighted by Crippen LogP contribution is 2.47. The molecule has 0 aliphatic heterocycles. The normalized spacial score (nSPS) is 13.0. The molecule has 0 heterocycles. The van der Waals surface area contributed by atoms with Gasteiger partial charge in [0.05, 0.1) is 40.1 Å². The summed E-state index contributed by atoms with van der Waals surface area (Å²) in [5.74, 6) is 1.62. The van der Waals surface area contributed by atoms with Gasteiger partial charge < -0.3 is 38.6 Å². The van der Waals surface area contributed by atoms with Crippen LogP contribution in [-0.4, -0.2) is 82.5 Å². The maximum Gasteiger partial charge on any atom is 0.407 e. The Bertz CT molecular complexity index is 2050. The summed E-state index contributed by atoms with van der Waals surface area (Å²) in [6.07, 6.45) is 2.15. The highest BCUT2D eigenvalue weighted by atomic mass is 31.2. The van der Waals surface area contributed by atoms with E-state index in [9.17, 15) is 9.59 Å². The standard InChI is InChI=1S/C34H47N2O6P.C18H19NO2/c1-8-22-41-43(36(26(2)3)27(4)5)42-24-31(35-25-37)23-40-34(28-12-10-9-11-13-28,29-14-18-32(38-6)19-15-29)30-16-20-33(39-7)21-17-30;1-2-11-19-18(20)21-12-17-15-9-5-3-7-13(15)14-8-4-6-10-16(14)17/h9-21,25-27,31H,8,22-24H2,1-7H3,(H,35,37);3-10,17H,2,11-12H2,1H3,(H,19,20). The zero-order valence-corrected chi connectivity index (χ0v) is 39.5. The number of carbonyl (C=O) groups is 2. The largest absolute Gasteiger partial charge is 0.497 e. The number of hydrogen-bond donors (Lipinski definition) is 2. The van der Waals surface area contributed by atoms with Crippen molar-refractivity contribution in [1.82, 2.24) is 15.3 Å². The molecular weight excluding hydrogens is 826 g/mol. The van der Waals surface area contributed by atoms with Crippen LogP contribution in [-0.2, 0) is 28.9 Å². The summed E-state index contributed by atoms with van der Waals surface area (Å²) in [7, 11) is 1.95. The molecule has 6 rings (SSSR count). The lowest BCUT2D eigenvalue weighted by Crippen LogP contribution is -2.42. The number of hydrogen-bond acceptors (Lipinski definition) is 9. The van der Waals surface area contributed by atoms with E-state index in [4.69, 9.17) is 28.0 Å². The number of nitrogens with zero attached hydrogens (tertiary/aromatic N) is 1. The molecular formula is C52H66N3O8P. The number of benzene rings is 5. The van der Waals surface area contributed by atoms with Crippen LogP contribution in [0, 0.1) is 0 Å². The second kappa shape index (κ2) is 25.3. The van der Waals surface area contributed by atoms with Crippen LogP contribution in [0.15, 0.2) is 127 Å². The van der Waals surface area contributed by atoms with Gasteiger partial charge in [0.1, 0.15) is 23.7 Å². The molecule has 5 aromatic carbocycles. The highest BCUT2D eigenvalue weighted by molar-refractivity contribution is 7.44. The van der Waals surface area contributed by atoms with E-state index in [2.05, 4.69) is 74.2 Å². The van der Waals surface area contributed by atoms with Crippen LogP contribution in [0.25, 0.3) is 11.1 Å². The van der Waals surface area contributed by atoms with Crippen LogP contribution in [0.3, 0.4) is 0 Å². The fourth-order valence-corrected chi connectivity index (χ4v) is 9.63. The second-order valence-corrected chi connectivity index (χ2v) is 17.4. The van der Waals surface area contributed by atoms with Gasteiger partial charge in [0.15, 0.2) is 0 Å². The van der Waals surface area contributed by atoms with Crippen molar-refractivity contribution in [3.05, 3.63) is 155 Å². The molecule has 342 valence electrons. The summed E-state index contributed by atoms with van der Waals surface area (Å²) in [6, 6.07) is 42.5. The van der Waals surface area contributed by atoms with Gasteiger partial charge in [-0.25, -0.2) is 9.46 Å². The van der Waals surface area contributed by atoms with E-state index >= 15 is 0 Å². The Balaban J connectivity index is 0.000000303. The molecule has 0 bridgehead atoms. The third kappa shape index (κ3) is 12.7. The molecule has 2 N–H and O–H groups in total. The Labute approximate surface area is 381 Å². The Hall–Kier alpha value is -5.29. The summed E-state index contributed by atoms with van der Waals surface area (Å²) < 4.78 is 38.1. The van der Waals surface area contributed by atoms with Gasteiger partial charge in [0.25, 0.3) is 8.53 Å². The molecule has 2 amide bonds. The van der Waals surface area contributed by atoms with Crippen molar-refractivity contribution in [2.24, 2.45) is 0 Å². The van der Waals surface area contributed by atoms with Gasteiger partial charge in [0.2, 0.25) is 6.41 Å². The van der Waals surface area contributed by atoms with Crippen LogP contribution in [0.1, 0.15) is 88.1 Å². The lowest BCUT2D eigenvalue weighted by Gasteiger charge is -2.38. The number of rotatable bonds is 23. The number of ether oxygens (including phenoxy) is 4. The molecule has 0 aromatic heterocycles. The van der Waals surface area contributed by atoms with E-state index in [0.717, 1.165) is 41.0 Å². The molecule has 11 nitrogen and oxygen atoms in total. The first-order chi connectivity index (χ1) is 31.1. The fraction of sp³-hybridized carbons (Fsp3) is 0.385. The quantitative estimate of drug-likeness (QED) is 0.0376. The minimum Gasteiger partial charge on any atom is -0.497 e. The van der Waals surface area contributed by atoms with Crippen molar-refractivity contribution in [3.8, 4) is 22.6 Å². The Morgan fingerprint density at radius 2 is 1.20 bits per heavy atom. The minimum atomic E-state index is -1.34. The number of carbonyl (C=O) groups excluding carboxylic acids is 2. The van der Waals surface area contributed by atoms with E-state index in [0.29, 0.717) is 26.2 Å². The fourth-order valence-electron chi connectivity index (χ4n) is 7.88. The van der Waals surface area contributed by atoms with E-state index in [-0.39, 0.29) is 37.3 Å². The lowest BCUT2D eigenvalue weighted by atomic mass is 9.80. The van der Waals surface area contributed by atoms with Crippen molar-refractivity contribution in [2.75, 3.05) is 47.2 Å². The maximum atomic E-state index is 11.8. The van der Waals surface area contributed by atoms with Gasteiger partial charge in [-0.15, -0.1) is 0 Å². The molecule has 0 radical (unpaired) electrons. The average Bonchev–Trinajstić information content (AvgIpc) is 3.64. The number of alkyl carbamates (subject to hydrolysis) is 1. The topological polar surface area (TPSA) is 117 Å². The minimum absolute atomic E-state index is 0.129. The zero-order valence-electron chi connectivity index (χ0n) is 38.6. The van der Waals surface area contributed by atoms with E-state index < -0.39 is 20.2 Å². The van der Waals surface area contributed by atoms with Crippen LogP contribution < -0.4 is 20.1 Å². The first-order valence-electron chi connectivity index (χ1n) is 22.2. The molecule has 1 aliphatic carbocycles. The molecule has 5 aromatic rings. The van der Waals surface area contributed by atoms with Crippen molar-refractivity contribution in [1.29, 1.82) is 0 Å². The van der Waals surface area contributed by atoms with Gasteiger partial charge in [-0.2, -0.15) is 0 Å². The Morgan fingerprint density at radius 3 is 1.69 bits per heavy atom. The summed E-state index contributed by atoms with van der Waals surface area (Å²) in [4.78, 5) is 23.4. The van der Waals surface area contributed by atoms with Gasteiger partial charge in [-0.3, -0.25) is 4.79 Å². The van der Waals surface area contributed by atoms with E-state index in [1.807, 2.05) is 110 Å². The highest BCUT2D eigenvalue weighted by Gasteiger charge is 2.39. The Morgan fingerprint density at radius 1 is 0.688 bits per heavy atom. The number of methoxy groups -OCH3 is 2. The monoisotopic (exact) mass is 891 g/mol. The third-order valence-corrected chi connectivity index (χ3v) is 13.0. The summed E-state index contributed by atoms with van der Waals surface area (Å²) in [5, 5.41) is 5.66. The number of fused-ring (bicyclic) bond motifs is 3. The molecule has 0 saturated carbocycles. The van der Waals surface area contributed by atoms with Crippen molar-refractivity contribution in [2.45, 2.75) is 84.0 Å². The lowest BCUT2D eigenvalue weighted by molar-refractivity contribution is -0.111. The molecule has 0 fully saturated rings. The van der Waals surface area contributed by atoms with Crippen molar-refractivity contribution < 1.29 is 37.6 Å². The molecule has 2 unspecified atom stereocenters.